The van der Waals surface area contributed by atoms with Crippen molar-refractivity contribution in [2.45, 2.75) is 26.1 Å². The van der Waals surface area contributed by atoms with Crippen LogP contribution in [0.25, 0.3) is 0 Å². The van der Waals surface area contributed by atoms with E-state index in [1.54, 1.807) is 13.8 Å². The number of aliphatic hydroxyl groups excluding tert-OH is 2. The Bertz CT molecular complexity index is 180. The molecule has 0 aliphatic rings. The van der Waals surface area contributed by atoms with Gasteiger partial charge in [0.1, 0.15) is 0 Å². The molecule has 0 radical (unpaired) electrons. The predicted molar refractivity (Wildman–Crippen MR) is 57.5 cm³/mol. The van der Waals surface area contributed by atoms with Crippen molar-refractivity contribution in [2.75, 3.05) is 20.3 Å². The van der Waals surface area contributed by atoms with Crippen LogP contribution in [0.5, 0.6) is 0 Å². The molecule has 16 heavy (non-hydrogen) atoms. The first-order valence-electron chi connectivity index (χ1n) is 4.75. The summed E-state index contributed by atoms with van der Waals surface area (Å²) in [6, 6.07) is 0. The zero-order valence-electron chi connectivity index (χ0n) is 9.88. The fraction of sp³-hybridized carbons (Fsp3) is 0.700. The molecule has 0 aromatic heterocycles. The molecule has 0 fully saturated rings. The smallest absolute Gasteiger partial charge is 0.365 e. The van der Waals surface area contributed by atoms with Crippen LogP contribution in [0.3, 0.4) is 0 Å². The molecular formula is C10H20O6. The van der Waals surface area contributed by atoms with Crippen LogP contribution in [0.4, 0.5) is 0 Å². The predicted octanol–water partition coefficient (Wildman–Crippen LogP) is 0.0416. The Morgan fingerprint density at radius 1 is 1.50 bits per heavy atom. The lowest BCUT2D eigenvalue weighted by molar-refractivity contribution is -0.249. The second-order valence-corrected chi connectivity index (χ2v) is 2.95. The summed E-state index contributed by atoms with van der Waals surface area (Å²) in [4.78, 5) is 17.9. The van der Waals surface area contributed by atoms with E-state index in [9.17, 15) is 4.79 Å². The van der Waals surface area contributed by atoms with Gasteiger partial charge in [-0.2, -0.15) is 4.89 Å². The van der Waals surface area contributed by atoms with Gasteiger partial charge in [0.15, 0.2) is 0 Å². The van der Waals surface area contributed by atoms with Gasteiger partial charge in [-0.25, -0.2) is 4.79 Å². The maximum atomic E-state index is 9.95. The molecule has 0 rings (SSSR count). The third kappa shape index (κ3) is 15.5. The first-order chi connectivity index (χ1) is 7.47. The first kappa shape index (κ1) is 17.4. The third-order valence-corrected chi connectivity index (χ3v) is 1.21. The third-order valence-electron chi connectivity index (χ3n) is 1.21. The normalized spacial score (nSPS) is 13.1. The van der Waals surface area contributed by atoms with Crippen LogP contribution in [0, 0.1) is 0 Å². The average molecular weight is 236 g/mol. The number of carbonyl (C=O) groups excluding carboxylic acids is 1. The van der Waals surface area contributed by atoms with Gasteiger partial charge in [0.05, 0.1) is 32.5 Å². The monoisotopic (exact) mass is 236 g/mol. The molecule has 0 aliphatic carbocycles. The van der Waals surface area contributed by atoms with Gasteiger partial charge in [-0.3, -0.25) is 4.89 Å². The summed E-state index contributed by atoms with van der Waals surface area (Å²) in [6.45, 7) is 6.82. The quantitative estimate of drug-likeness (QED) is 0.385. The molecule has 0 saturated carbocycles. The number of aliphatic hydroxyl groups is 2. The van der Waals surface area contributed by atoms with E-state index in [0.717, 1.165) is 6.08 Å². The van der Waals surface area contributed by atoms with Crippen molar-refractivity contribution >= 4 is 5.97 Å². The number of rotatable bonds is 6. The van der Waals surface area contributed by atoms with Crippen molar-refractivity contribution in [3.8, 4) is 0 Å². The molecule has 0 saturated heterocycles. The summed E-state index contributed by atoms with van der Waals surface area (Å²) in [5, 5.41) is 17.1. The van der Waals surface area contributed by atoms with Gasteiger partial charge in [0.2, 0.25) is 0 Å². The van der Waals surface area contributed by atoms with E-state index in [-0.39, 0.29) is 12.7 Å². The molecular weight excluding hydrogens is 216 g/mol. The second kappa shape index (κ2) is 12.1. The van der Waals surface area contributed by atoms with Crippen LogP contribution < -0.4 is 0 Å². The number of ether oxygens (including phenoxy) is 1. The van der Waals surface area contributed by atoms with Gasteiger partial charge in [0, 0.05) is 6.08 Å². The van der Waals surface area contributed by atoms with E-state index in [2.05, 4.69) is 16.4 Å². The van der Waals surface area contributed by atoms with Crippen LogP contribution in [-0.4, -0.2) is 48.7 Å². The molecule has 6 nitrogen and oxygen atoms in total. The molecule has 0 spiro atoms. The van der Waals surface area contributed by atoms with Crippen molar-refractivity contribution < 1.29 is 29.5 Å². The Morgan fingerprint density at radius 2 is 2.06 bits per heavy atom. The van der Waals surface area contributed by atoms with E-state index in [0.29, 0.717) is 6.61 Å². The van der Waals surface area contributed by atoms with E-state index in [4.69, 9.17) is 14.9 Å². The number of hydrogen-bond acceptors (Lipinski definition) is 6. The minimum atomic E-state index is -0.581. The molecule has 0 bridgehead atoms. The topological polar surface area (TPSA) is 85.2 Å². The van der Waals surface area contributed by atoms with E-state index in [1.807, 2.05) is 0 Å². The molecule has 2 N–H and O–H groups in total. The summed E-state index contributed by atoms with van der Waals surface area (Å²) in [5.41, 5.74) is 0. The second-order valence-electron chi connectivity index (χ2n) is 2.95. The Morgan fingerprint density at radius 3 is 2.31 bits per heavy atom. The van der Waals surface area contributed by atoms with Gasteiger partial charge < -0.3 is 14.9 Å². The highest BCUT2D eigenvalue weighted by atomic mass is 17.2. The van der Waals surface area contributed by atoms with Gasteiger partial charge in [0.25, 0.3) is 0 Å². The van der Waals surface area contributed by atoms with E-state index < -0.39 is 12.1 Å². The van der Waals surface area contributed by atoms with Crippen molar-refractivity contribution in [3.05, 3.63) is 12.7 Å². The zero-order chi connectivity index (χ0) is 13.0. The minimum Gasteiger partial charge on any atom is -0.394 e. The van der Waals surface area contributed by atoms with Gasteiger partial charge in [-0.1, -0.05) is 6.58 Å². The fourth-order valence-corrected chi connectivity index (χ4v) is 0.472. The Hall–Kier alpha value is -0.950. The molecule has 2 unspecified atom stereocenters. The summed E-state index contributed by atoms with van der Waals surface area (Å²) in [5.74, 6) is -0.581. The Balaban J connectivity index is 0. The average Bonchev–Trinajstić information content (AvgIpc) is 2.26. The summed E-state index contributed by atoms with van der Waals surface area (Å²) in [6.07, 6.45) is 0.405. The van der Waals surface area contributed by atoms with Crippen LogP contribution in [-0.2, 0) is 19.3 Å². The molecule has 0 amide bonds. The van der Waals surface area contributed by atoms with E-state index >= 15 is 0 Å². The molecule has 96 valence electrons. The largest absolute Gasteiger partial charge is 0.394 e. The van der Waals surface area contributed by atoms with Crippen molar-refractivity contribution in [1.82, 2.24) is 0 Å². The Labute approximate surface area is 95.4 Å². The van der Waals surface area contributed by atoms with Crippen LogP contribution in [0.15, 0.2) is 12.7 Å². The molecule has 6 heteroatoms. The molecule has 0 aromatic rings. The fourth-order valence-electron chi connectivity index (χ4n) is 0.472. The van der Waals surface area contributed by atoms with Crippen molar-refractivity contribution in [3.63, 3.8) is 0 Å². The molecule has 0 heterocycles. The molecule has 2 atom stereocenters. The maximum Gasteiger partial charge on any atom is 0.365 e. The highest BCUT2D eigenvalue weighted by Crippen LogP contribution is 1.90. The maximum absolute atomic E-state index is 9.95. The zero-order valence-corrected chi connectivity index (χ0v) is 9.88. The van der Waals surface area contributed by atoms with Crippen molar-refractivity contribution in [1.29, 1.82) is 0 Å². The first-order valence-corrected chi connectivity index (χ1v) is 4.75. The summed E-state index contributed by atoms with van der Waals surface area (Å²) >= 11 is 0. The van der Waals surface area contributed by atoms with Crippen LogP contribution in [0.2, 0.25) is 0 Å². The highest BCUT2D eigenvalue weighted by molar-refractivity contribution is 5.80. The number of carbonyl (C=O) groups is 1. The van der Waals surface area contributed by atoms with E-state index in [1.165, 1.54) is 7.11 Å². The standard InChI is InChI=1S/C6H14O3.C4H6O3/c1-5(8)4-9-6(2)3-7;1-3-4(5)7-6-2/h5-8H,3-4H2,1-2H3;3H,1H2,2H3. The highest BCUT2D eigenvalue weighted by Gasteiger charge is 2.00. The lowest BCUT2D eigenvalue weighted by Crippen LogP contribution is -2.19. The lowest BCUT2D eigenvalue weighted by atomic mass is 10.4. The molecule has 0 aliphatic heterocycles. The van der Waals surface area contributed by atoms with Gasteiger partial charge >= 0.3 is 5.97 Å². The van der Waals surface area contributed by atoms with Crippen LogP contribution >= 0.6 is 0 Å². The Kier molecular flexibility index (Phi) is 13.2. The van der Waals surface area contributed by atoms with Gasteiger partial charge in [-0.05, 0) is 13.8 Å². The van der Waals surface area contributed by atoms with Crippen molar-refractivity contribution in [2.24, 2.45) is 0 Å². The van der Waals surface area contributed by atoms with Gasteiger partial charge in [-0.15, -0.1) is 0 Å². The summed E-state index contributed by atoms with van der Waals surface area (Å²) in [7, 11) is 1.25. The number of hydrogen-bond donors (Lipinski definition) is 2. The summed E-state index contributed by atoms with van der Waals surface area (Å²) < 4.78 is 4.95. The lowest BCUT2D eigenvalue weighted by Gasteiger charge is -2.10. The molecule has 0 aromatic carbocycles. The SMILES string of the molecule is C=CC(=O)OOC.CC(O)COC(C)CO. The van der Waals surface area contributed by atoms with Crippen LogP contribution in [0.1, 0.15) is 13.8 Å². The minimum absolute atomic E-state index is 0.00667.